The maximum atomic E-state index is 11.4. The molecule has 0 aliphatic rings. The van der Waals surface area contributed by atoms with Crippen molar-refractivity contribution in [2.75, 3.05) is 30.9 Å². The van der Waals surface area contributed by atoms with Crippen molar-refractivity contribution in [3.63, 3.8) is 0 Å². The van der Waals surface area contributed by atoms with Gasteiger partial charge < -0.3 is 10.2 Å². The summed E-state index contributed by atoms with van der Waals surface area (Å²) in [7, 11) is 3.72. The first-order chi connectivity index (χ1) is 11.5. The Morgan fingerprint density at radius 2 is 2.17 bits per heavy atom. The first kappa shape index (κ1) is 17.9. The van der Waals surface area contributed by atoms with Crippen LogP contribution in [-0.2, 0) is 0 Å². The summed E-state index contributed by atoms with van der Waals surface area (Å²) in [6.07, 6.45) is 4.31. The van der Waals surface area contributed by atoms with Gasteiger partial charge in [0.1, 0.15) is 4.70 Å². The Morgan fingerprint density at radius 1 is 1.42 bits per heavy atom. The number of carbonyl (C=O) groups excluding carboxylic acids is 1. The fourth-order valence-electron chi connectivity index (χ4n) is 2.36. The van der Waals surface area contributed by atoms with Gasteiger partial charge in [-0.25, -0.2) is 0 Å². The molecule has 0 aliphatic carbocycles. The van der Waals surface area contributed by atoms with Gasteiger partial charge in [-0.3, -0.25) is 19.9 Å². The fourth-order valence-corrected chi connectivity index (χ4v) is 3.44. The van der Waals surface area contributed by atoms with Crippen LogP contribution in [-0.4, -0.2) is 38.2 Å². The molecule has 0 fully saturated rings. The van der Waals surface area contributed by atoms with Crippen LogP contribution < -0.4 is 10.2 Å². The number of thiophene rings is 1. The molecule has 1 N–H and O–H groups in total. The minimum atomic E-state index is -0.425. The monoisotopic (exact) mass is 348 g/mol. The lowest BCUT2D eigenvalue weighted by Crippen LogP contribution is -2.10. The van der Waals surface area contributed by atoms with Gasteiger partial charge in [0.2, 0.25) is 0 Å². The van der Waals surface area contributed by atoms with E-state index in [9.17, 15) is 14.9 Å². The second-order valence-corrected chi connectivity index (χ2v) is 6.50. The van der Waals surface area contributed by atoms with Gasteiger partial charge in [0.25, 0.3) is 5.69 Å². The summed E-state index contributed by atoms with van der Waals surface area (Å²) < 4.78 is 0.484. The van der Waals surface area contributed by atoms with Crippen molar-refractivity contribution in [2.24, 2.45) is 4.99 Å². The van der Waals surface area contributed by atoms with Crippen LogP contribution >= 0.6 is 11.3 Å². The second kappa shape index (κ2) is 7.87. The summed E-state index contributed by atoms with van der Waals surface area (Å²) in [4.78, 5) is 28.9. The number of fused-ring (bicyclic) bond motifs is 1. The van der Waals surface area contributed by atoms with E-state index in [1.807, 2.05) is 19.0 Å². The zero-order valence-corrected chi connectivity index (χ0v) is 14.7. The first-order valence-electron chi connectivity index (χ1n) is 7.62. The van der Waals surface area contributed by atoms with Crippen molar-refractivity contribution in [3.8, 4) is 0 Å². The predicted molar refractivity (Wildman–Crippen MR) is 100 cm³/mol. The van der Waals surface area contributed by atoms with Crippen molar-refractivity contribution in [2.45, 2.75) is 19.8 Å². The van der Waals surface area contributed by atoms with Crippen LogP contribution in [0.5, 0.6) is 0 Å². The average Bonchev–Trinajstić information content (AvgIpc) is 2.92. The largest absolute Gasteiger partial charge is 0.377 e. The number of aliphatic imine (C=N–C) groups is 1. The Balaban J connectivity index is 2.59. The van der Waals surface area contributed by atoms with E-state index in [1.54, 1.807) is 12.4 Å². The van der Waals surface area contributed by atoms with Crippen LogP contribution in [0.15, 0.2) is 17.1 Å². The molecule has 2 rings (SSSR count). The maximum Gasteiger partial charge on any atom is 0.287 e. The molecule has 128 valence electrons. The number of non-ortho nitro benzene ring substituents is 1. The van der Waals surface area contributed by atoms with E-state index >= 15 is 0 Å². The maximum absolute atomic E-state index is 11.4. The molecule has 1 aromatic carbocycles. The number of hydrogen-bond donors (Lipinski definition) is 1. The molecule has 24 heavy (non-hydrogen) atoms. The smallest absolute Gasteiger partial charge is 0.287 e. The number of carbonyl (C=O) groups is 1. The number of benzene rings is 1. The van der Waals surface area contributed by atoms with E-state index in [-0.39, 0.29) is 5.69 Å². The summed E-state index contributed by atoms with van der Waals surface area (Å²) in [5.74, 6) is 0. The van der Waals surface area contributed by atoms with Gasteiger partial charge in [-0.1, -0.05) is 13.3 Å². The van der Waals surface area contributed by atoms with E-state index in [1.165, 1.54) is 6.07 Å². The molecule has 1 aromatic heterocycles. The lowest BCUT2D eigenvalue weighted by atomic mass is 10.1. The van der Waals surface area contributed by atoms with Crippen LogP contribution in [0.1, 0.15) is 29.4 Å². The molecule has 1 heterocycles. The van der Waals surface area contributed by atoms with Gasteiger partial charge in [-0.05, 0) is 12.5 Å². The Kier molecular flexibility index (Phi) is 5.86. The van der Waals surface area contributed by atoms with Crippen LogP contribution in [0.4, 0.5) is 17.1 Å². The van der Waals surface area contributed by atoms with Gasteiger partial charge in [0.05, 0.1) is 21.8 Å². The Hall–Kier alpha value is -2.48. The molecular weight excluding hydrogens is 328 g/mol. The molecule has 0 spiro atoms. The third-order valence-electron chi connectivity index (χ3n) is 3.55. The van der Waals surface area contributed by atoms with Gasteiger partial charge in [0.15, 0.2) is 6.29 Å². The number of aldehydes is 1. The van der Waals surface area contributed by atoms with Crippen LogP contribution in [0, 0.1) is 10.1 Å². The standard InChI is InChI=1S/C16H20N4O3S/c1-4-5-8-17-10-18-15-13(9-21)24-16-12(20(22)23)7-6-11(14(15)16)19(2)3/h6-7,9-10H,4-5,8H2,1-3H3,(H,17,18). The molecule has 0 atom stereocenters. The zero-order chi connectivity index (χ0) is 17.7. The Morgan fingerprint density at radius 3 is 2.75 bits per heavy atom. The highest BCUT2D eigenvalue weighted by atomic mass is 32.1. The lowest BCUT2D eigenvalue weighted by Gasteiger charge is -2.15. The summed E-state index contributed by atoms with van der Waals surface area (Å²) >= 11 is 1.12. The van der Waals surface area contributed by atoms with E-state index in [4.69, 9.17) is 0 Å². The zero-order valence-electron chi connectivity index (χ0n) is 13.9. The van der Waals surface area contributed by atoms with Gasteiger partial charge in [0, 0.05) is 37.8 Å². The molecule has 0 amide bonds. The van der Waals surface area contributed by atoms with Gasteiger partial charge in [-0.2, -0.15) is 0 Å². The third kappa shape index (κ3) is 3.53. The van der Waals surface area contributed by atoms with Crippen LogP contribution in [0.2, 0.25) is 0 Å². The highest BCUT2D eigenvalue weighted by Gasteiger charge is 2.23. The quantitative estimate of drug-likeness (QED) is 0.195. The number of unbranched alkanes of at least 4 members (excludes halogenated alkanes) is 1. The molecule has 0 saturated heterocycles. The topological polar surface area (TPSA) is 87.8 Å². The van der Waals surface area contributed by atoms with E-state index in [2.05, 4.69) is 17.2 Å². The summed E-state index contributed by atoms with van der Waals surface area (Å²) in [6.45, 7) is 2.78. The van der Waals surface area contributed by atoms with E-state index in [0.29, 0.717) is 27.2 Å². The first-order valence-corrected chi connectivity index (χ1v) is 8.44. The predicted octanol–water partition coefficient (Wildman–Crippen LogP) is 3.93. The molecule has 0 unspecified atom stereocenters. The van der Waals surface area contributed by atoms with E-state index in [0.717, 1.165) is 36.2 Å². The Labute approximate surface area is 144 Å². The molecule has 0 radical (unpaired) electrons. The average molecular weight is 348 g/mol. The van der Waals surface area contributed by atoms with E-state index < -0.39 is 4.92 Å². The second-order valence-electron chi connectivity index (χ2n) is 5.45. The van der Waals surface area contributed by atoms with Crippen molar-refractivity contribution in [1.29, 1.82) is 0 Å². The normalized spacial score (nSPS) is 11.1. The van der Waals surface area contributed by atoms with Crippen molar-refractivity contribution < 1.29 is 9.72 Å². The third-order valence-corrected chi connectivity index (χ3v) is 4.69. The number of nitro groups is 1. The fraction of sp³-hybridized carbons (Fsp3) is 0.375. The van der Waals surface area contributed by atoms with Crippen LogP contribution in [0.25, 0.3) is 10.1 Å². The number of nitrogens with zero attached hydrogens (tertiary/aromatic N) is 3. The number of rotatable bonds is 8. The molecular formula is C16H20N4O3S. The summed E-state index contributed by atoms with van der Waals surface area (Å²) in [5.41, 5.74) is 1.38. The highest BCUT2D eigenvalue weighted by Crippen LogP contribution is 2.44. The number of anilines is 2. The lowest BCUT2D eigenvalue weighted by molar-refractivity contribution is -0.382. The SMILES string of the molecule is CCCCN=CNc1c(C=O)sc2c([N+](=O)[O-])ccc(N(C)C)c12. The highest BCUT2D eigenvalue weighted by molar-refractivity contribution is 7.22. The van der Waals surface area contributed by atoms with Crippen molar-refractivity contribution in [3.05, 3.63) is 27.1 Å². The van der Waals surface area contributed by atoms with Crippen LogP contribution in [0.3, 0.4) is 0 Å². The van der Waals surface area contributed by atoms with Crippen molar-refractivity contribution in [1.82, 2.24) is 0 Å². The summed E-state index contributed by atoms with van der Waals surface area (Å²) in [5, 5.41) is 15.0. The molecule has 0 saturated carbocycles. The molecule has 7 nitrogen and oxygen atoms in total. The molecule has 8 heteroatoms. The number of nitrogens with one attached hydrogen (secondary N) is 1. The van der Waals surface area contributed by atoms with Gasteiger partial charge in [-0.15, -0.1) is 11.3 Å². The Bertz CT molecular complexity index is 783. The number of nitro benzene ring substituents is 1. The summed E-state index contributed by atoms with van der Waals surface area (Å²) in [6, 6.07) is 3.17. The molecule has 2 aromatic rings. The minimum absolute atomic E-state index is 0.000304. The van der Waals surface area contributed by atoms with Gasteiger partial charge >= 0.3 is 0 Å². The number of hydrogen-bond acceptors (Lipinski definition) is 6. The minimum Gasteiger partial charge on any atom is -0.377 e. The molecule has 0 bridgehead atoms. The van der Waals surface area contributed by atoms with Crippen molar-refractivity contribution >= 4 is 51.1 Å². The molecule has 0 aliphatic heterocycles.